The molecule has 1 aliphatic rings. The molecule has 0 spiro atoms. The second kappa shape index (κ2) is 10.2. The molecule has 9 heteroatoms. The van der Waals surface area contributed by atoms with E-state index < -0.39 is 11.6 Å². The first-order valence-electron chi connectivity index (χ1n) is 11.8. The summed E-state index contributed by atoms with van der Waals surface area (Å²) in [6, 6.07) is 16.0. The van der Waals surface area contributed by atoms with Crippen LogP contribution in [0.15, 0.2) is 60.8 Å². The Labute approximate surface area is 212 Å². The average molecular weight is 500 g/mol. The molecule has 0 unspecified atom stereocenters. The van der Waals surface area contributed by atoms with Crippen LogP contribution in [0.3, 0.4) is 0 Å². The summed E-state index contributed by atoms with van der Waals surface area (Å²) in [4.78, 5) is 17.4. The summed E-state index contributed by atoms with van der Waals surface area (Å²) in [5, 5.41) is 20.7. The number of phenols is 1. The third-order valence-electron chi connectivity index (χ3n) is 6.64. The lowest BCUT2D eigenvalue weighted by molar-refractivity contribution is -0.110. The highest BCUT2D eigenvalue weighted by Crippen LogP contribution is 2.41. The van der Waals surface area contributed by atoms with Crippen molar-refractivity contribution in [3.63, 3.8) is 0 Å². The van der Waals surface area contributed by atoms with Gasteiger partial charge in [0.25, 0.3) is 0 Å². The second-order valence-electron chi connectivity index (χ2n) is 8.89. The summed E-state index contributed by atoms with van der Waals surface area (Å²) in [6.07, 6.45) is 3.67. The number of benzene rings is 3. The lowest BCUT2D eigenvalue weighted by Gasteiger charge is -2.35. The topological polar surface area (TPSA) is 101 Å². The maximum atomic E-state index is 14.2. The molecule has 5 rings (SSSR count). The molecule has 0 radical (unpaired) electrons. The number of nitrogens with zero attached hydrogens (tertiary/aromatic N) is 3. The summed E-state index contributed by atoms with van der Waals surface area (Å²) in [5.41, 5.74) is 9.22. The zero-order valence-electron chi connectivity index (χ0n) is 19.7. The molecule has 1 aromatic heterocycles. The Bertz CT molecular complexity index is 1510. The number of hydrogen-bond acceptors (Lipinski definition) is 6. The molecule has 1 fully saturated rings. The van der Waals surface area contributed by atoms with E-state index >= 15 is 0 Å². The molecular weight excluding hydrogens is 476 g/mol. The average Bonchev–Trinajstić information content (AvgIpc) is 2.91. The van der Waals surface area contributed by atoms with E-state index in [1.165, 1.54) is 12.1 Å². The van der Waals surface area contributed by atoms with Crippen LogP contribution in [0.2, 0.25) is 0 Å². The number of anilines is 1. The molecule has 1 aliphatic heterocycles. The number of phenolic OH excluding ortho intramolecular Hbond substituents is 1. The van der Waals surface area contributed by atoms with E-state index in [4.69, 9.17) is 0 Å². The highest BCUT2D eigenvalue weighted by molar-refractivity contribution is 6.02. The number of carbonyl (C=O) groups is 1. The van der Waals surface area contributed by atoms with Crippen LogP contribution >= 0.6 is 0 Å². The molecule has 37 heavy (non-hydrogen) atoms. The number of piperidine rings is 1. The van der Waals surface area contributed by atoms with E-state index in [0.717, 1.165) is 30.0 Å². The number of nitrogens with one attached hydrogen (secondary N) is 2. The molecule has 1 amide bonds. The molecule has 7 nitrogen and oxygen atoms in total. The number of fused-ring (bicyclic) bond motifs is 1. The largest absolute Gasteiger partial charge is 0.506 e. The van der Waals surface area contributed by atoms with Crippen LogP contribution in [0.25, 0.3) is 33.2 Å². The Morgan fingerprint density at radius 1 is 1.03 bits per heavy atom. The molecular formula is C28H23F2N5O2. The van der Waals surface area contributed by atoms with Gasteiger partial charge in [0.1, 0.15) is 23.5 Å². The number of amides is 1. The zero-order valence-corrected chi connectivity index (χ0v) is 19.7. The fourth-order valence-electron chi connectivity index (χ4n) is 4.87. The minimum atomic E-state index is -0.684. The lowest BCUT2D eigenvalue weighted by Crippen LogP contribution is -2.47. The fourth-order valence-corrected chi connectivity index (χ4v) is 4.87. The van der Waals surface area contributed by atoms with Crippen molar-refractivity contribution in [1.29, 1.82) is 5.26 Å². The number of aromatic nitrogens is 1. The standard InChI is InChI=1S/C28H23F2N5O2/c29-20-10-19(11-21(30)13-20)25-15-32-26-5-4-17(23-3-1-2-18(14-31)28(23)37)12-24(26)27(25)35-8-6-22(7-9-35)34-33-16-36/h1-5,10-13,15-16,22,34,37H,6-9H2,(H,33,36). The molecule has 2 heterocycles. The van der Waals surface area contributed by atoms with Gasteiger partial charge in [0.15, 0.2) is 0 Å². The van der Waals surface area contributed by atoms with Crippen molar-refractivity contribution in [2.75, 3.05) is 18.0 Å². The van der Waals surface area contributed by atoms with E-state index in [9.17, 15) is 23.9 Å². The molecule has 0 saturated carbocycles. The quantitative estimate of drug-likeness (QED) is 0.264. The van der Waals surface area contributed by atoms with Gasteiger partial charge in [-0.3, -0.25) is 15.2 Å². The molecule has 0 aliphatic carbocycles. The monoisotopic (exact) mass is 499 g/mol. The van der Waals surface area contributed by atoms with Gasteiger partial charge >= 0.3 is 0 Å². The van der Waals surface area contributed by atoms with E-state index in [1.54, 1.807) is 24.4 Å². The minimum Gasteiger partial charge on any atom is -0.506 e. The van der Waals surface area contributed by atoms with Crippen LogP contribution in [-0.2, 0) is 4.79 Å². The van der Waals surface area contributed by atoms with Crippen molar-refractivity contribution < 1.29 is 18.7 Å². The zero-order chi connectivity index (χ0) is 25.9. The Morgan fingerprint density at radius 2 is 1.78 bits per heavy atom. The Balaban J connectivity index is 1.67. The number of halogens is 2. The number of nitriles is 1. The third-order valence-corrected chi connectivity index (χ3v) is 6.64. The predicted octanol–water partition coefficient (Wildman–Crippen LogP) is 4.64. The fraction of sp³-hybridized carbons (Fsp3) is 0.179. The minimum absolute atomic E-state index is 0.0887. The molecule has 0 atom stereocenters. The second-order valence-corrected chi connectivity index (χ2v) is 8.89. The molecule has 0 bridgehead atoms. The van der Waals surface area contributed by atoms with Gasteiger partial charge in [-0.1, -0.05) is 18.2 Å². The third kappa shape index (κ3) is 4.79. The Morgan fingerprint density at radius 3 is 2.49 bits per heavy atom. The number of para-hydroxylation sites is 1. The van der Waals surface area contributed by atoms with Crippen LogP contribution in [-0.4, -0.2) is 35.6 Å². The summed E-state index contributed by atoms with van der Waals surface area (Å²) >= 11 is 0. The van der Waals surface area contributed by atoms with E-state index in [1.807, 2.05) is 24.3 Å². The van der Waals surface area contributed by atoms with E-state index in [0.29, 0.717) is 47.3 Å². The van der Waals surface area contributed by atoms with Gasteiger partial charge in [-0.15, -0.1) is 0 Å². The van der Waals surface area contributed by atoms with Gasteiger partial charge < -0.3 is 10.0 Å². The lowest BCUT2D eigenvalue weighted by atomic mass is 9.95. The van der Waals surface area contributed by atoms with Crippen molar-refractivity contribution in [2.45, 2.75) is 18.9 Å². The van der Waals surface area contributed by atoms with Crippen molar-refractivity contribution in [3.8, 4) is 34.1 Å². The molecule has 4 aromatic rings. The maximum absolute atomic E-state index is 14.2. The Hall–Kier alpha value is -4.55. The van der Waals surface area contributed by atoms with Crippen molar-refractivity contribution in [2.24, 2.45) is 0 Å². The molecule has 3 aromatic carbocycles. The van der Waals surface area contributed by atoms with Gasteiger partial charge in [-0.2, -0.15) is 5.26 Å². The van der Waals surface area contributed by atoms with E-state index in [2.05, 4.69) is 20.7 Å². The maximum Gasteiger partial charge on any atom is 0.221 e. The van der Waals surface area contributed by atoms with Crippen LogP contribution in [0.4, 0.5) is 14.5 Å². The van der Waals surface area contributed by atoms with Gasteiger partial charge in [0, 0.05) is 47.9 Å². The number of hydrazine groups is 1. The van der Waals surface area contributed by atoms with Crippen LogP contribution < -0.4 is 15.8 Å². The SMILES string of the molecule is N#Cc1cccc(-c2ccc3ncc(-c4cc(F)cc(F)c4)c(N4CCC(NNC=O)CC4)c3c2)c1O. The van der Waals surface area contributed by atoms with Crippen LogP contribution in [0.5, 0.6) is 5.75 Å². The number of rotatable bonds is 6. The highest BCUT2D eigenvalue weighted by atomic mass is 19.1. The smallest absolute Gasteiger partial charge is 0.221 e. The summed E-state index contributed by atoms with van der Waals surface area (Å²) in [7, 11) is 0. The van der Waals surface area contributed by atoms with Crippen LogP contribution in [0, 0.1) is 23.0 Å². The van der Waals surface area contributed by atoms with Crippen molar-refractivity contribution in [3.05, 3.63) is 78.0 Å². The first kappa shape index (κ1) is 24.2. The summed E-state index contributed by atoms with van der Waals surface area (Å²) < 4.78 is 28.4. The molecule has 1 saturated heterocycles. The van der Waals surface area contributed by atoms with Gasteiger partial charge in [0.2, 0.25) is 6.41 Å². The molecule has 3 N–H and O–H groups in total. The molecule has 186 valence electrons. The number of pyridine rings is 1. The van der Waals surface area contributed by atoms with Gasteiger partial charge in [0.05, 0.1) is 16.8 Å². The first-order valence-corrected chi connectivity index (χ1v) is 11.8. The number of hydrogen-bond donors (Lipinski definition) is 3. The summed E-state index contributed by atoms with van der Waals surface area (Å²) in [5.74, 6) is -1.48. The van der Waals surface area contributed by atoms with Crippen molar-refractivity contribution >= 4 is 23.0 Å². The summed E-state index contributed by atoms with van der Waals surface area (Å²) in [6.45, 7) is 1.25. The van der Waals surface area contributed by atoms with Crippen LogP contribution in [0.1, 0.15) is 18.4 Å². The highest BCUT2D eigenvalue weighted by Gasteiger charge is 2.24. The first-order chi connectivity index (χ1) is 18.0. The number of aromatic hydroxyl groups is 1. The van der Waals surface area contributed by atoms with Gasteiger partial charge in [-0.25, -0.2) is 14.2 Å². The van der Waals surface area contributed by atoms with Gasteiger partial charge in [-0.05, 0) is 54.3 Å². The van der Waals surface area contributed by atoms with Crippen molar-refractivity contribution in [1.82, 2.24) is 15.8 Å². The normalized spacial score (nSPS) is 13.9. The predicted molar refractivity (Wildman–Crippen MR) is 136 cm³/mol. The number of carbonyl (C=O) groups excluding carboxylic acids is 1. The Kier molecular flexibility index (Phi) is 6.66. The van der Waals surface area contributed by atoms with E-state index in [-0.39, 0.29) is 17.4 Å².